The Bertz CT molecular complexity index is 459. The van der Waals surface area contributed by atoms with Crippen molar-refractivity contribution >= 4 is 5.69 Å². The number of alkyl halides is 2. The van der Waals surface area contributed by atoms with E-state index < -0.39 is 6.61 Å². The molecule has 1 aromatic carbocycles. The van der Waals surface area contributed by atoms with Crippen molar-refractivity contribution in [3.05, 3.63) is 42.5 Å². The fourth-order valence-corrected chi connectivity index (χ4v) is 1.36. The van der Waals surface area contributed by atoms with Crippen molar-refractivity contribution in [2.45, 2.75) is 13.2 Å². The van der Waals surface area contributed by atoms with Crippen LogP contribution in [0.2, 0.25) is 0 Å². The molecule has 2 N–H and O–H groups in total. The maximum Gasteiger partial charge on any atom is 0.387 e. The molecule has 0 amide bonds. The second-order valence-corrected chi connectivity index (χ2v) is 3.34. The summed E-state index contributed by atoms with van der Waals surface area (Å²) in [5, 5.41) is 3.06. The quantitative estimate of drug-likeness (QED) is 0.843. The predicted molar refractivity (Wildman–Crippen MR) is 59.0 cm³/mol. The largest absolute Gasteiger partial charge is 0.435 e. The molecular weight excluding hydrogens is 228 g/mol. The van der Waals surface area contributed by atoms with Gasteiger partial charge in [-0.1, -0.05) is 6.07 Å². The van der Waals surface area contributed by atoms with E-state index in [1.807, 2.05) is 0 Å². The van der Waals surface area contributed by atoms with Crippen LogP contribution in [0.1, 0.15) is 5.69 Å². The van der Waals surface area contributed by atoms with Gasteiger partial charge in [0, 0.05) is 18.0 Å². The molecule has 0 unspecified atom stereocenters. The summed E-state index contributed by atoms with van der Waals surface area (Å²) < 4.78 is 28.3. The predicted octanol–water partition coefficient (Wildman–Crippen LogP) is 2.62. The maximum absolute atomic E-state index is 12.0. The van der Waals surface area contributed by atoms with E-state index in [-0.39, 0.29) is 5.75 Å². The molecule has 4 nitrogen and oxygen atoms in total. The normalized spacial score (nSPS) is 10.5. The number of ether oxygens (including phenoxy) is 1. The summed E-state index contributed by atoms with van der Waals surface area (Å²) in [6.45, 7) is -2.27. The number of aromatic amines is 1. The van der Waals surface area contributed by atoms with Gasteiger partial charge in [-0.05, 0) is 12.1 Å². The minimum absolute atomic E-state index is 0.134. The molecule has 0 saturated heterocycles. The summed E-state index contributed by atoms with van der Waals surface area (Å²) in [5.74, 6) is 0.134. The molecule has 0 saturated carbocycles. The molecule has 0 bridgehead atoms. The highest BCUT2D eigenvalue weighted by Gasteiger charge is 2.04. The van der Waals surface area contributed by atoms with Crippen LogP contribution in [0.15, 0.2) is 36.8 Å². The first kappa shape index (κ1) is 11.4. The van der Waals surface area contributed by atoms with Gasteiger partial charge in [0.1, 0.15) is 5.75 Å². The van der Waals surface area contributed by atoms with Crippen LogP contribution in [0.25, 0.3) is 0 Å². The van der Waals surface area contributed by atoms with E-state index in [2.05, 4.69) is 20.0 Å². The van der Waals surface area contributed by atoms with Gasteiger partial charge in [-0.15, -0.1) is 0 Å². The molecule has 1 aromatic heterocycles. The van der Waals surface area contributed by atoms with E-state index in [0.29, 0.717) is 12.2 Å². The van der Waals surface area contributed by atoms with Gasteiger partial charge in [0.25, 0.3) is 0 Å². The maximum atomic E-state index is 12.0. The Morgan fingerprint density at radius 3 is 3.00 bits per heavy atom. The van der Waals surface area contributed by atoms with Crippen LogP contribution in [0, 0.1) is 0 Å². The molecule has 0 aliphatic carbocycles. The molecule has 0 atom stereocenters. The zero-order chi connectivity index (χ0) is 12.1. The van der Waals surface area contributed by atoms with Crippen LogP contribution in [0.5, 0.6) is 5.75 Å². The summed E-state index contributed by atoms with van der Waals surface area (Å²) in [7, 11) is 0. The van der Waals surface area contributed by atoms with E-state index in [4.69, 9.17) is 0 Å². The van der Waals surface area contributed by atoms with Gasteiger partial charge in [0.05, 0.1) is 18.6 Å². The van der Waals surface area contributed by atoms with Gasteiger partial charge >= 0.3 is 6.61 Å². The van der Waals surface area contributed by atoms with Crippen molar-refractivity contribution in [1.82, 2.24) is 9.97 Å². The van der Waals surface area contributed by atoms with Gasteiger partial charge in [-0.3, -0.25) is 0 Å². The van der Waals surface area contributed by atoms with Gasteiger partial charge in [0.2, 0.25) is 0 Å². The van der Waals surface area contributed by atoms with Crippen molar-refractivity contribution < 1.29 is 13.5 Å². The van der Waals surface area contributed by atoms with Crippen molar-refractivity contribution in [2.24, 2.45) is 0 Å². The Morgan fingerprint density at radius 2 is 2.29 bits per heavy atom. The smallest absolute Gasteiger partial charge is 0.387 e. The number of anilines is 1. The Kier molecular flexibility index (Phi) is 3.54. The van der Waals surface area contributed by atoms with Crippen LogP contribution in [0.3, 0.4) is 0 Å². The highest BCUT2D eigenvalue weighted by atomic mass is 19.3. The molecule has 0 aliphatic rings. The number of hydrogen-bond acceptors (Lipinski definition) is 3. The number of hydrogen-bond donors (Lipinski definition) is 2. The third kappa shape index (κ3) is 3.44. The van der Waals surface area contributed by atoms with Crippen molar-refractivity contribution in [1.29, 1.82) is 0 Å². The summed E-state index contributed by atoms with van der Waals surface area (Å²) in [4.78, 5) is 6.80. The number of halogens is 2. The number of imidazole rings is 1. The number of aromatic nitrogens is 2. The van der Waals surface area contributed by atoms with Gasteiger partial charge in [-0.25, -0.2) is 4.98 Å². The second kappa shape index (κ2) is 5.29. The van der Waals surface area contributed by atoms with Crippen molar-refractivity contribution in [2.75, 3.05) is 5.32 Å². The lowest BCUT2D eigenvalue weighted by atomic mass is 10.3. The summed E-state index contributed by atoms with van der Waals surface area (Å²) >= 11 is 0. The first-order chi connectivity index (χ1) is 8.24. The van der Waals surface area contributed by atoms with Crippen LogP contribution in [0.4, 0.5) is 14.5 Å². The third-order valence-electron chi connectivity index (χ3n) is 2.10. The average Bonchev–Trinajstić information content (AvgIpc) is 2.79. The Labute approximate surface area is 96.6 Å². The van der Waals surface area contributed by atoms with Crippen LogP contribution in [-0.2, 0) is 6.54 Å². The molecule has 2 aromatic rings. The molecule has 6 heteroatoms. The third-order valence-corrected chi connectivity index (χ3v) is 2.10. The molecular formula is C11H11F2N3O. The Balaban J connectivity index is 1.96. The van der Waals surface area contributed by atoms with E-state index in [1.165, 1.54) is 12.1 Å². The summed E-state index contributed by atoms with van der Waals surface area (Å²) in [5.41, 5.74) is 1.61. The number of H-pyrrole nitrogens is 1. The zero-order valence-electron chi connectivity index (χ0n) is 8.86. The molecule has 1 heterocycles. The number of rotatable bonds is 5. The minimum atomic E-state index is -2.81. The molecule has 2 rings (SSSR count). The summed E-state index contributed by atoms with van der Waals surface area (Å²) in [6.07, 6.45) is 3.26. The molecule has 0 radical (unpaired) electrons. The first-order valence-electron chi connectivity index (χ1n) is 5.00. The molecule has 0 spiro atoms. The monoisotopic (exact) mass is 239 g/mol. The van der Waals surface area contributed by atoms with Crippen molar-refractivity contribution in [3.63, 3.8) is 0 Å². The lowest BCUT2D eigenvalue weighted by molar-refractivity contribution is -0.0498. The van der Waals surface area contributed by atoms with Gasteiger partial charge < -0.3 is 15.0 Å². The fourth-order valence-electron chi connectivity index (χ4n) is 1.36. The van der Waals surface area contributed by atoms with E-state index in [9.17, 15) is 8.78 Å². The van der Waals surface area contributed by atoms with Gasteiger partial charge in [0.15, 0.2) is 0 Å². The van der Waals surface area contributed by atoms with E-state index in [1.54, 1.807) is 24.7 Å². The van der Waals surface area contributed by atoms with Crippen molar-refractivity contribution in [3.8, 4) is 5.75 Å². The standard InChI is InChI=1S/C11H11F2N3O/c12-11(13)17-10-3-1-2-8(4-10)15-6-9-5-14-7-16-9/h1-5,7,11,15H,6H2,(H,14,16). The number of nitrogens with one attached hydrogen (secondary N) is 2. The Morgan fingerprint density at radius 1 is 1.41 bits per heavy atom. The average molecular weight is 239 g/mol. The zero-order valence-corrected chi connectivity index (χ0v) is 8.86. The van der Waals surface area contributed by atoms with E-state index >= 15 is 0 Å². The van der Waals surface area contributed by atoms with Crippen LogP contribution < -0.4 is 10.1 Å². The molecule has 90 valence electrons. The fraction of sp³-hybridized carbons (Fsp3) is 0.182. The molecule has 0 fully saturated rings. The summed E-state index contributed by atoms with van der Waals surface area (Å²) in [6, 6.07) is 6.41. The lowest BCUT2D eigenvalue weighted by Gasteiger charge is -2.08. The SMILES string of the molecule is FC(F)Oc1cccc(NCc2cnc[nH]2)c1. The number of benzene rings is 1. The van der Waals surface area contributed by atoms with Crippen LogP contribution >= 0.6 is 0 Å². The minimum Gasteiger partial charge on any atom is -0.435 e. The Hall–Kier alpha value is -2.11. The first-order valence-corrected chi connectivity index (χ1v) is 5.00. The molecule has 17 heavy (non-hydrogen) atoms. The highest BCUT2D eigenvalue weighted by Crippen LogP contribution is 2.19. The van der Waals surface area contributed by atoms with Crippen LogP contribution in [-0.4, -0.2) is 16.6 Å². The highest BCUT2D eigenvalue weighted by molar-refractivity contribution is 5.48. The second-order valence-electron chi connectivity index (χ2n) is 3.34. The van der Waals surface area contributed by atoms with E-state index in [0.717, 1.165) is 5.69 Å². The topological polar surface area (TPSA) is 49.9 Å². The molecule has 0 aliphatic heterocycles. The van der Waals surface area contributed by atoms with Gasteiger partial charge in [-0.2, -0.15) is 8.78 Å². The number of nitrogens with zero attached hydrogens (tertiary/aromatic N) is 1. The lowest BCUT2D eigenvalue weighted by Crippen LogP contribution is -2.03.